The number of rotatable bonds is 3. The van der Waals surface area contributed by atoms with E-state index in [0.29, 0.717) is 5.38 Å². The standard InChI is InChI=1S/C21H32Cl2/c1-15-13-16(7-12-21(15)23)14-18-8-9-19(22)10-11-20(18)17-5-3-2-4-6-17/h13,17-20H,2-12,14H2,1H3. The second-order valence-electron chi connectivity index (χ2n) is 8.17. The van der Waals surface area contributed by atoms with Crippen LogP contribution >= 0.6 is 23.2 Å². The lowest BCUT2D eigenvalue weighted by Gasteiger charge is -2.36. The lowest BCUT2D eigenvalue weighted by Crippen LogP contribution is -2.25. The van der Waals surface area contributed by atoms with E-state index < -0.39 is 0 Å². The molecule has 3 atom stereocenters. The first-order chi connectivity index (χ1) is 11.1. The van der Waals surface area contributed by atoms with Crippen LogP contribution in [0.25, 0.3) is 0 Å². The summed E-state index contributed by atoms with van der Waals surface area (Å²) in [5, 5.41) is 1.49. The summed E-state index contributed by atoms with van der Waals surface area (Å²) in [5.41, 5.74) is 2.94. The zero-order chi connectivity index (χ0) is 16.2. The quantitative estimate of drug-likeness (QED) is 0.361. The first kappa shape index (κ1) is 17.9. The van der Waals surface area contributed by atoms with Gasteiger partial charge in [-0.25, -0.2) is 0 Å². The highest BCUT2D eigenvalue weighted by Gasteiger charge is 2.33. The number of hydrogen-bond acceptors (Lipinski definition) is 0. The van der Waals surface area contributed by atoms with Crippen molar-refractivity contribution in [1.29, 1.82) is 0 Å². The summed E-state index contributed by atoms with van der Waals surface area (Å²) in [5.74, 6) is 2.75. The zero-order valence-corrected chi connectivity index (χ0v) is 16.1. The minimum absolute atomic E-state index is 0.419. The van der Waals surface area contributed by atoms with Crippen molar-refractivity contribution in [2.45, 2.75) is 89.4 Å². The van der Waals surface area contributed by atoms with Crippen molar-refractivity contribution in [3.8, 4) is 0 Å². The average Bonchev–Trinajstić information content (AvgIpc) is 2.74. The van der Waals surface area contributed by atoms with Crippen molar-refractivity contribution in [3.63, 3.8) is 0 Å². The summed E-state index contributed by atoms with van der Waals surface area (Å²) in [4.78, 5) is 0. The molecule has 3 rings (SSSR count). The number of alkyl halides is 1. The van der Waals surface area contributed by atoms with Crippen molar-refractivity contribution in [2.24, 2.45) is 17.8 Å². The highest BCUT2D eigenvalue weighted by Crippen LogP contribution is 2.44. The fourth-order valence-corrected chi connectivity index (χ4v) is 5.62. The Morgan fingerprint density at radius 3 is 2.43 bits per heavy atom. The highest BCUT2D eigenvalue weighted by molar-refractivity contribution is 6.30. The molecule has 0 aromatic heterocycles. The molecule has 23 heavy (non-hydrogen) atoms. The van der Waals surface area contributed by atoms with Gasteiger partial charge in [-0.1, -0.05) is 55.4 Å². The van der Waals surface area contributed by atoms with Crippen molar-refractivity contribution < 1.29 is 0 Å². The van der Waals surface area contributed by atoms with Crippen molar-refractivity contribution >= 4 is 23.2 Å². The Bertz CT molecular complexity index is 456. The Morgan fingerprint density at radius 1 is 0.957 bits per heavy atom. The molecule has 0 bridgehead atoms. The van der Waals surface area contributed by atoms with E-state index in [1.54, 1.807) is 5.57 Å². The molecular formula is C21H32Cl2. The largest absolute Gasteiger partial charge is 0.123 e. The van der Waals surface area contributed by atoms with Gasteiger partial charge in [0.25, 0.3) is 0 Å². The molecule has 0 saturated heterocycles. The summed E-state index contributed by atoms with van der Waals surface area (Å²) in [7, 11) is 0. The molecule has 0 nitrogen and oxygen atoms in total. The van der Waals surface area contributed by atoms with Crippen LogP contribution < -0.4 is 0 Å². The van der Waals surface area contributed by atoms with Gasteiger partial charge in [0.15, 0.2) is 0 Å². The molecule has 2 heteroatoms. The van der Waals surface area contributed by atoms with Gasteiger partial charge < -0.3 is 0 Å². The molecule has 2 saturated carbocycles. The van der Waals surface area contributed by atoms with Gasteiger partial charge in [-0.3, -0.25) is 0 Å². The summed E-state index contributed by atoms with van der Waals surface area (Å²) in [6.07, 6.45) is 18.4. The van der Waals surface area contributed by atoms with E-state index in [2.05, 4.69) is 13.0 Å². The van der Waals surface area contributed by atoms with Crippen LogP contribution in [-0.2, 0) is 0 Å². The highest BCUT2D eigenvalue weighted by atomic mass is 35.5. The predicted molar refractivity (Wildman–Crippen MR) is 102 cm³/mol. The molecule has 3 aliphatic rings. The van der Waals surface area contributed by atoms with E-state index in [4.69, 9.17) is 23.2 Å². The lowest BCUT2D eigenvalue weighted by molar-refractivity contribution is 0.165. The summed E-state index contributed by atoms with van der Waals surface area (Å²) < 4.78 is 0. The molecule has 0 heterocycles. The third-order valence-corrected chi connectivity index (χ3v) is 7.49. The normalized spacial score (nSPS) is 34.2. The Labute approximate surface area is 152 Å². The summed E-state index contributed by atoms with van der Waals surface area (Å²) in [6, 6.07) is 0. The van der Waals surface area contributed by atoms with Gasteiger partial charge in [-0.15, -0.1) is 11.6 Å². The Morgan fingerprint density at radius 2 is 1.70 bits per heavy atom. The van der Waals surface area contributed by atoms with Gasteiger partial charge in [0, 0.05) is 10.4 Å². The molecule has 0 spiro atoms. The first-order valence-electron chi connectivity index (χ1n) is 9.82. The summed E-state index contributed by atoms with van der Waals surface area (Å²) in [6.45, 7) is 2.17. The Balaban J connectivity index is 1.71. The lowest BCUT2D eigenvalue weighted by atomic mass is 9.70. The van der Waals surface area contributed by atoms with E-state index in [0.717, 1.165) is 29.2 Å². The zero-order valence-electron chi connectivity index (χ0n) is 14.6. The smallest absolute Gasteiger partial charge is 0.0336 e. The number of halogens is 2. The van der Waals surface area contributed by atoms with Crippen molar-refractivity contribution in [3.05, 3.63) is 22.3 Å². The van der Waals surface area contributed by atoms with Crippen LogP contribution in [0.5, 0.6) is 0 Å². The van der Waals surface area contributed by atoms with Crippen LogP contribution in [0.1, 0.15) is 84.0 Å². The third-order valence-electron chi connectivity index (χ3n) is 6.56. The van der Waals surface area contributed by atoms with E-state index in [1.165, 1.54) is 76.2 Å². The van der Waals surface area contributed by atoms with Crippen LogP contribution in [0.3, 0.4) is 0 Å². The number of hydrogen-bond donors (Lipinski definition) is 0. The maximum Gasteiger partial charge on any atom is 0.0336 e. The number of allylic oxidation sites excluding steroid dienone is 4. The van der Waals surface area contributed by atoms with Gasteiger partial charge in [-0.05, 0) is 75.2 Å². The fraction of sp³-hybridized carbons (Fsp3) is 0.810. The average molecular weight is 355 g/mol. The Kier molecular flexibility index (Phi) is 6.55. The second kappa shape index (κ2) is 8.43. The van der Waals surface area contributed by atoms with Gasteiger partial charge in [-0.2, -0.15) is 0 Å². The topological polar surface area (TPSA) is 0 Å². The molecule has 0 aliphatic heterocycles. The van der Waals surface area contributed by atoms with E-state index in [-0.39, 0.29) is 0 Å². The van der Waals surface area contributed by atoms with Crippen LogP contribution in [0.4, 0.5) is 0 Å². The molecule has 3 aliphatic carbocycles. The molecule has 2 fully saturated rings. The first-order valence-corrected chi connectivity index (χ1v) is 10.6. The van der Waals surface area contributed by atoms with Gasteiger partial charge in [0.1, 0.15) is 0 Å². The molecule has 0 aromatic carbocycles. The fourth-order valence-electron chi connectivity index (χ4n) is 5.22. The minimum Gasteiger partial charge on any atom is -0.123 e. The van der Waals surface area contributed by atoms with E-state index in [1.807, 2.05) is 0 Å². The molecule has 0 radical (unpaired) electrons. The minimum atomic E-state index is 0.419. The third kappa shape index (κ3) is 4.79. The molecular weight excluding hydrogens is 323 g/mol. The van der Waals surface area contributed by atoms with E-state index in [9.17, 15) is 0 Å². The van der Waals surface area contributed by atoms with E-state index >= 15 is 0 Å². The predicted octanol–water partition coefficient (Wildman–Crippen LogP) is 7.60. The van der Waals surface area contributed by atoms with Crippen LogP contribution in [0.2, 0.25) is 0 Å². The van der Waals surface area contributed by atoms with Gasteiger partial charge in [0.05, 0.1) is 0 Å². The molecule has 3 unspecified atom stereocenters. The SMILES string of the molecule is CC1=C(Cl)CCC(CC2CCC(Cl)CCC2C2CCCCC2)=C1. The Hall–Kier alpha value is 0.0600. The molecule has 0 amide bonds. The van der Waals surface area contributed by atoms with Crippen LogP contribution in [0.15, 0.2) is 22.3 Å². The van der Waals surface area contributed by atoms with Crippen molar-refractivity contribution in [1.82, 2.24) is 0 Å². The molecule has 130 valence electrons. The maximum absolute atomic E-state index is 6.54. The van der Waals surface area contributed by atoms with Gasteiger partial charge >= 0.3 is 0 Å². The second-order valence-corrected chi connectivity index (χ2v) is 9.24. The van der Waals surface area contributed by atoms with Gasteiger partial charge in [0.2, 0.25) is 0 Å². The van der Waals surface area contributed by atoms with Crippen molar-refractivity contribution in [2.75, 3.05) is 0 Å². The summed E-state index contributed by atoms with van der Waals surface area (Å²) >= 11 is 12.8. The van der Waals surface area contributed by atoms with Crippen LogP contribution in [-0.4, -0.2) is 5.38 Å². The molecule has 0 aromatic rings. The maximum atomic E-state index is 6.54. The van der Waals surface area contributed by atoms with Crippen LogP contribution in [0, 0.1) is 17.8 Å². The monoisotopic (exact) mass is 354 g/mol. The molecule has 0 N–H and O–H groups in total.